The molecule has 2 aliphatic heterocycles. The Hall–Kier alpha value is -3.66. The normalized spacial score (nSPS) is 18.2. The fourth-order valence-corrected chi connectivity index (χ4v) is 3.92. The Morgan fingerprint density at radius 2 is 1.94 bits per heavy atom. The van der Waals surface area contributed by atoms with Gasteiger partial charge in [0.15, 0.2) is 5.84 Å². The lowest BCUT2D eigenvalue weighted by atomic mass is 9.92. The number of amidine groups is 1. The van der Waals surface area contributed by atoms with Crippen LogP contribution in [-0.2, 0) is 29.0 Å². The Morgan fingerprint density at radius 1 is 1.19 bits per heavy atom. The van der Waals surface area contributed by atoms with Crippen LogP contribution < -0.4 is 16.6 Å². The number of hydrogen-bond donors (Lipinski definition) is 3. The summed E-state index contributed by atoms with van der Waals surface area (Å²) in [5.41, 5.74) is 11.0. The van der Waals surface area contributed by atoms with E-state index in [2.05, 4.69) is 26.3 Å². The van der Waals surface area contributed by atoms with Gasteiger partial charge in [-0.1, -0.05) is 47.7 Å². The van der Waals surface area contributed by atoms with Gasteiger partial charge in [0.05, 0.1) is 0 Å². The van der Waals surface area contributed by atoms with Gasteiger partial charge in [0, 0.05) is 25.4 Å². The summed E-state index contributed by atoms with van der Waals surface area (Å²) in [6.07, 6.45) is 0.600. The molecule has 2 aromatic rings. The summed E-state index contributed by atoms with van der Waals surface area (Å²) in [4.78, 5) is 27.8. The molecule has 0 fully saturated rings. The number of amides is 2. The summed E-state index contributed by atoms with van der Waals surface area (Å²) in [5.74, 6) is -0.633. The van der Waals surface area contributed by atoms with Crippen LogP contribution >= 0.6 is 0 Å². The summed E-state index contributed by atoms with van der Waals surface area (Å²) >= 11 is 0. The molecule has 0 aromatic heterocycles. The molecule has 10 heteroatoms. The van der Waals surface area contributed by atoms with Crippen LogP contribution in [0.4, 0.5) is 4.39 Å². The SMILES string of the molecule is NC(CC(=O)N1Cc2ccccc2C[C@H]1C(=O)NC1=NNN=NC1)Cc1ccccc1F. The van der Waals surface area contributed by atoms with Gasteiger partial charge in [-0.2, -0.15) is 10.6 Å². The van der Waals surface area contributed by atoms with Crippen molar-refractivity contribution in [1.82, 2.24) is 15.8 Å². The number of nitrogens with zero attached hydrogens (tertiary/aromatic N) is 4. The summed E-state index contributed by atoms with van der Waals surface area (Å²) in [7, 11) is 0. The minimum Gasteiger partial charge on any atom is -0.327 e. The highest BCUT2D eigenvalue weighted by Crippen LogP contribution is 2.25. The van der Waals surface area contributed by atoms with Crippen molar-refractivity contribution >= 4 is 17.6 Å². The van der Waals surface area contributed by atoms with Crippen molar-refractivity contribution in [1.29, 1.82) is 0 Å². The number of carbonyl (C=O) groups excluding carboxylic acids is 2. The molecule has 0 saturated carbocycles. The van der Waals surface area contributed by atoms with Crippen molar-refractivity contribution in [3.63, 3.8) is 0 Å². The highest BCUT2D eigenvalue weighted by atomic mass is 19.1. The third kappa shape index (κ3) is 4.97. The first kappa shape index (κ1) is 21.6. The van der Waals surface area contributed by atoms with Gasteiger partial charge in [0.2, 0.25) is 11.8 Å². The number of nitrogens with two attached hydrogens (primary N) is 1. The molecule has 2 aromatic carbocycles. The molecule has 0 saturated heterocycles. The number of fused-ring (bicyclic) bond motifs is 1. The lowest BCUT2D eigenvalue weighted by molar-refractivity contribution is -0.141. The first-order chi connectivity index (χ1) is 15.5. The van der Waals surface area contributed by atoms with Gasteiger partial charge in [-0.25, -0.2) is 4.39 Å². The van der Waals surface area contributed by atoms with E-state index in [1.54, 1.807) is 18.2 Å². The number of hydrogen-bond acceptors (Lipinski definition) is 7. The molecule has 1 unspecified atom stereocenters. The van der Waals surface area contributed by atoms with Crippen molar-refractivity contribution in [3.05, 3.63) is 71.0 Å². The smallest absolute Gasteiger partial charge is 0.248 e. The van der Waals surface area contributed by atoms with Crippen LogP contribution in [0.25, 0.3) is 0 Å². The average molecular weight is 437 g/mol. The van der Waals surface area contributed by atoms with Crippen molar-refractivity contribution in [3.8, 4) is 0 Å². The summed E-state index contributed by atoms with van der Waals surface area (Å²) in [6, 6.07) is 12.8. The molecule has 4 N–H and O–H groups in total. The highest BCUT2D eigenvalue weighted by molar-refractivity contribution is 6.02. The van der Waals surface area contributed by atoms with E-state index in [0.29, 0.717) is 24.4 Å². The molecule has 2 amide bonds. The number of halogens is 1. The van der Waals surface area contributed by atoms with E-state index in [9.17, 15) is 14.0 Å². The average Bonchev–Trinajstić information content (AvgIpc) is 2.80. The third-order valence-electron chi connectivity index (χ3n) is 5.54. The van der Waals surface area contributed by atoms with E-state index in [0.717, 1.165) is 11.1 Å². The Kier molecular flexibility index (Phi) is 6.50. The van der Waals surface area contributed by atoms with E-state index >= 15 is 0 Å². The molecular weight excluding hydrogens is 413 g/mol. The van der Waals surface area contributed by atoms with Crippen molar-refractivity contribution < 1.29 is 14.0 Å². The van der Waals surface area contributed by atoms with Crippen molar-refractivity contribution in [2.45, 2.75) is 37.9 Å². The van der Waals surface area contributed by atoms with Crippen LogP contribution in [0.2, 0.25) is 0 Å². The van der Waals surface area contributed by atoms with Crippen molar-refractivity contribution in [2.75, 3.05) is 6.54 Å². The molecule has 0 spiro atoms. The second-order valence-electron chi connectivity index (χ2n) is 7.82. The molecule has 166 valence electrons. The topological polar surface area (TPSA) is 125 Å². The predicted molar refractivity (Wildman–Crippen MR) is 116 cm³/mol. The molecule has 9 nitrogen and oxygen atoms in total. The first-order valence-corrected chi connectivity index (χ1v) is 10.4. The van der Waals surface area contributed by atoms with Gasteiger partial charge < -0.3 is 16.0 Å². The zero-order valence-electron chi connectivity index (χ0n) is 17.4. The zero-order chi connectivity index (χ0) is 22.5. The van der Waals surface area contributed by atoms with Crippen LogP contribution in [0.3, 0.4) is 0 Å². The predicted octanol–water partition coefficient (Wildman–Crippen LogP) is 1.44. The number of nitrogens with one attached hydrogen (secondary N) is 2. The molecule has 32 heavy (non-hydrogen) atoms. The van der Waals surface area contributed by atoms with E-state index < -0.39 is 12.1 Å². The Bertz CT molecular complexity index is 1070. The second kappa shape index (κ2) is 9.65. The Morgan fingerprint density at radius 3 is 2.69 bits per heavy atom. The van der Waals surface area contributed by atoms with E-state index in [1.807, 2.05) is 24.3 Å². The molecule has 2 aliphatic rings. The largest absolute Gasteiger partial charge is 0.327 e. The molecular formula is C22H24FN7O2. The maximum Gasteiger partial charge on any atom is 0.248 e. The van der Waals surface area contributed by atoms with Crippen molar-refractivity contribution in [2.24, 2.45) is 21.2 Å². The highest BCUT2D eigenvalue weighted by Gasteiger charge is 2.35. The maximum atomic E-state index is 14.0. The van der Waals surface area contributed by atoms with E-state index in [1.165, 1.54) is 11.0 Å². The molecule has 0 radical (unpaired) electrons. The Balaban J connectivity index is 1.49. The van der Waals surface area contributed by atoms with Crippen LogP contribution in [0, 0.1) is 5.82 Å². The van der Waals surface area contributed by atoms with Gasteiger partial charge in [0.1, 0.15) is 18.4 Å². The fourth-order valence-electron chi connectivity index (χ4n) is 3.92. The van der Waals surface area contributed by atoms with Crippen LogP contribution in [-0.4, -0.2) is 41.2 Å². The number of hydrazone groups is 1. The van der Waals surface area contributed by atoms with Gasteiger partial charge in [-0.05, 0) is 29.2 Å². The molecule has 4 rings (SSSR count). The Labute approximate surface area is 184 Å². The molecule has 0 bridgehead atoms. The number of carbonyl (C=O) groups is 2. The standard InChI is InChI=1S/C22H24FN7O2/c23-18-8-4-3-6-15(18)9-17(24)11-21(31)30-13-16-7-2-1-5-14(16)10-19(30)22(32)26-20-12-25-28-29-27-20/h1-8,17,19H,9-13,24H2,(H,25,29)(H,26,27,28,32)/t17?,19-/m0/s1. The number of benzene rings is 2. The third-order valence-corrected chi connectivity index (χ3v) is 5.54. The second-order valence-corrected chi connectivity index (χ2v) is 7.82. The number of rotatable bonds is 5. The zero-order valence-corrected chi connectivity index (χ0v) is 17.4. The summed E-state index contributed by atoms with van der Waals surface area (Å²) in [5, 5.41) is 13.9. The summed E-state index contributed by atoms with van der Waals surface area (Å²) < 4.78 is 14.0. The molecule has 2 heterocycles. The van der Waals surface area contributed by atoms with Crippen LogP contribution in [0.5, 0.6) is 0 Å². The first-order valence-electron chi connectivity index (χ1n) is 10.4. The minimum atomic E-state index is -0.723. The lowest BCUT2D eigenvalue weighted by Crippen LogP contribution is -2.54. The van der Waals surface area contributed by atoms with Gasteiger partial charge in [-0.15, -0.1) is 5.10 Å². The lowest BCUT2D eigenvalue weighted by Gasteiger charge is -2.36. The van der Waals surface area contributed by atoms with E-state index in [4.69, 9.17) is 5.73 Å². The van der Waals surface area contributed by atoms with Crippen LogP contribution in [0.15, 0.2) is 64.0 Å². The van der Waals surface area contributed by atoms with Gasteiger partial charge in [-0.3, -0.25) is 9.59 Å². The fraction of sp³-hybridized carbons (Fsp3) is 0.318. The monoisotopic (exact) mass is 437 g/mol. The van der Waals surface area contributed by atoms with Gasteiger partial charge >= 0.3 is 0 Å². The maximum absolute atomic E-state index is 14.0. The minimum absolute atomic E-state index is 0.00298. The summed E-state index contributed by atoms with van der Waals surface area (Å²) in [6.45, 7) is 0.438. The molecule has 0 aliphatic carbocycles. The van der Waals surface area contributed by atoms with Crippen LogP contribution in [0.1, 0.15) is 23.1 Å². The quantitative estimate of drug-likeness (QED) is 0.655. The van der Waals surface area contributed by atoms with E-state index in [-0.39, 0.29) is 37.0 Å². The van der Waals surface area contributed by atoms with Gasteiger partial charge in [0.25, 0.3) is 0 Å². The molecule has 2 atom stereocenters.